The van der Waals surface area contributed by atoms with E-state index in [0.29, 0.717) is 18.4 Å². The van der Waals surface area contributed by atoms with Crippen molar-refractivity contribution in [1.82, 2.24) is 5.32 Å². The molecule has 3 atom stereocenters. The van der Waals surface area contributed by atoms with Gasteiger partial charge in [-0.3, -0.25) is 4.99 Å². The van der Waals surface area contributed by atoms with Crippen LogP contribution >= 0.6 is 0 Å². The number of hydrogen-bond acceptors (Lipinski definition) is 3. The van der Waals surface area contributed by atoms with E-state index in [-0.39, 0.29) is 6.17 Å². The lowest BCUT2D eigenvalue weighted by Gasteiger charge is -2.28. The predicted molar refractivity (Wildman–Crippen MR) is 60.6 cm³/mol. The molecule has 0 aromatic carbocycles. The summed E-state index contributed by atoms with van der Waals surface area (Å²) in [4.78, 5) is 12.7. The summed E-state index contributed by atoms with van der Waals surface area (Å²) >= 11 is 0. The van der Waals surface area contributed by atoms with Crippen LogP contribution in [0.25, 0.3) is 0 Å². The van der Waals surface area contributed by atoms with Gasteiger partial charge in [-0.15, -0.1) is 0 Å². The highest BCUT2D eigenvalue weighted by Gasteiger charge is 2.25. The highest BCUT2D eigenvalue weighted by Crippen LogP contribution is 2.17. The van der Waals surface area contributed by atoms with Crippen molar-refractivity contribution >= 4 is 18.4 Å². The highest BCUT2D eigenvalue weighted by atomic mass is 16.3. The van der Waals surface area contributed by atoms with Gasteiger partial charge in [-0.1, -0.05) is 0 Å². The van der Waals surface area contributed by atoms with Crippen LogP contribution < -0.4 is 5.32 Å². The van der Waals surface area contributed by atoms with Crippen molar-refractivity contribution in [2.75, 3.05) is 6.54 Å². The Bertz CT molecular complexity index is 309. The lowest BCUT2D eigenvalue weighted by Crippen LogP contribution is -2.44. The van der Waals surface area contributed by atoms with Crippen LogP contribution in [0.2, 0.25) is 0 Å². The van der Waals surface area contributed by atoms with Crippen LogP contribution in [0, 0.1) is 5.92 Å². The minimum atomic E-state index is -0.429. The molecule has 5 nitrogen and oxygen atoms in total. The number of nitrogens with one attached hydrogen (secondary N) is 1. The van der Waals surface area contributed by atoms with Gasteiger partial charge in [-0.05, 0) is 19.8 Å². The van der Waals surface area contributed by atoms with E-state index in [9.17, 15) is 0 Å². The molecule has 82 valence electrons. The second kappa shape index (κ2) is 4.53. The van der Waals surface area contributed by atoms with E-state index in [1.54, 1.807) is 6.92 Å². The molecule has 2 aliphatic rings. The minimum Gasteiger partial charge on any atom is -0.391 e. The Hall–Kier alpha value is -1.23. The van der Waals surface area contributed by atoms with Gasteiger partial charge in [0.1, 0.15) is 6.17 Å². The number of aliphatic hydroxyl groups is 1. The Balaban J connectivity index is 2.01. The van der Waals surface area contributed by atoms with Gasteiger partial charge in [-0.2, -0.15) is 0 Å². The van der Waals surface area contributed by atoms with Crippen LogP contribution in [0.15, 0.2) is 15.0 Å². The molecule has 0 aromatic rings. The number of nitrogens with zero attached hydrogens (tertiary/aromatic N) is 3. The molecular weight excluding hydrogens is 192 g/mol. The summed E-state index contributed by atoms with van der Waals surface area (Å²) in [5, 5.41) is 12.3. The molecule has 0 amide bonds. The summed E-state index contributed by atoms with van der Waals surface area (Å²) in [5.41, 5.74) is 0. The van der Waals surface area contributed by atoms with Crippen LogP contribution in [-0.2, 0) is 0 Å². The summed E-state index contributed by atoms with van der Waals surface area (Å²) in [5.74, 6) is 0.969. The van der Waals surface area contributed by atoms with E-state index in [1.807, 2.05) is 12.4 Å². The minimum absolute atomic E-state index is 0.0870. The van der Waals surface area contributed by atoms with Gasteiger partial charge in [0.05, 0.1) is 12.6 Å². The van der Waals surface area contributed by atoms with Gasteiger partial charge in [0.25, 0.3) is 0 Å². The van der Waals surface area contributed by atoms with Crippen molar-refractivity contribution in [3.05, 3.63) is 0 Å². The lowest BCUT2D eigenvalue weighted by atomic mass is 9.98. The Labute approximate surface area is 89.0 Å². The number of guanidine groups is 1. The summed E-state index contributed by atoms with van der Waals surface area (Å²) in [6.45, 7) is 2.08. The average Bonchev–Trinajstić information content (AvgIpc) is 2.26. The van der Waals surface area contributed by atoms with Crippen molar-refractivity contribution in [3.8, 4) is 0 Å². The zero-order valence-corrected chi connectivity index (χ0v) is 8.80. The Morgan fingerprint density at radius 1 is 1.73 bits per heavy atom. The van der Waals surface area contributed by atoms with Gasteiger partial charge in [0, 0.05) is 18.3 Å². The third-order valence-electron chi connectivity index (χ3n) is 2.47. The summed E-state index contributed by atoms with van der Waals surface area (Å²) < 4.78 is 0. The smallest absolute Gasteiger partial charge is 0.219 e. The van der Waals surface area contributed by atoms with E-state index in [1.165, 1.54) is 0 Å². The quantitative estimate of drug-likeness (QED) is 0.680. The van der Waals surface area contributed by atoms with Crippen molar-refractivity contribution in [2.45, 2.75) is 32.0 Å². The SMILES string of the molecule is C[C@@H](O)CN=C1N=CC2CCC=NC2N1. The maximum atomic E-state index is 9.10. The van der Waals surface area contributed by atoms with Crippen LogP contribution in [0.5, 0.6) is 0 Å². The molecule has 2 heterocycles. The van der Waals surface area contributed by atoms with Gasteiger partial charge < -0.3 is 10.4 Å². The Morgan fingerprint density at radius 2 is 2.60 bits per heavy atom. The molecular formula is C10H16N4O. The topological polar surface area (TPSA) is 69.3 Å². The highest BCUT2D eigenvalue weighted by molar-refractivity contribution is 5.91. The normalized spacial score (nSPS) is 33.6. The number of aliphatic hydroxyl groups excluding tert-OH is 1. The molecule has 15 heavy (non-hydrogen) atoms. The molecule has 5 heteroatoms. The van der Waals surface area contributed by atoms with Gasteiger partial charge >= 0.3 is 0 Å². The molecule has 0 aromatic heterocycles. The van der Waals surface area contributed by atoms with Crippen LogP contribution in [-0.4, -0.2) is 42.3 Å². The van der Waals surface area contributed by atoms with Crippen LogP contribution in [0.4, 0.5) is 0 Å². The molecule has 0 spiro atoms. The van der Waals surface area contributed by atoms with Gasteiger partial charge in [0.2, 0.25) is 5.96 Å². The Kier molecular flexibility index (Phi) is 3.11. The van der Waals surface area contributed by atoms with Gasteiger partial charge in [0.15, 0.2) is 0 Å². The molecule has 2 rings (SSSR count). The number of aliphatic imine (C=N–C) groups is 3. The third kappa shape index (κ3) is 2.62. The summed E-state index contributed by atoms with van der Waals surface area (Å²) in [7, 11) is 0. The molecule has 2 aliphatic heterocycles. The van der Waals surface area contributed by atoms with Crippen molar-refractivity contribution in [1.29, 1.82) is 0 Å². The monoisotopic (exact) mass is 208 g/mol. The summed E-state index contributed by atoms with van der Waals surface area (Å²) in [6.07, 6.45) is 5.63. The first kappa shape index (κ1) is 10.3. The van der Waals surface area contributed by atoms with Crippen molar-refractivity contribution in [3.63, 3.8) is 0 Å². The largest absolute Gasteiger partial charge is 0.391 e. The fourth-order valence-electron chi connectivity index (χ4n) is 1.66. The molecule has 0 saturated heterocycles. The second-order valence-electron chi connectivity index (χ2n) is 3.95. The van der Waals surface area contributed by atoms with Crippen LogP contribution in [0.1, 0.15) is 19.8 Å². The zero-order chi connectivity index (χ0) is 10.7. The van der Waals surface area contributed by atoms with E-state index in [4.69, 9.17) is 5.11 Å². The molecule has 0 saturated carbocycles. The first-order valence-electron chi connectivity index (χ1n) is 5.30. The maximum Gasteiger partial charge on any atom is 0.219 e. The number of fused-ring (bicyclic) bond motifs is 1. The molecule has 0 bridgehead atoms. The molecule has 0 aliphatic carbocycles. The molecule has 2 N–H and O–H groups in total. The van der Waals surface area contributed by atoms with E-state index in [0.717, 1.165) is 12.8 Å². The van der Waals surface area contributed by atoms with E-state index < -0.39 is 6.10 Å². The second-order valence-corrected chi connectivity index (χ2v) is 3.95. The zero-order valence-electron chi connectivity index (χ0n) is 8.80. The standard InChI is InChI=1S/C10H16N4O/c1-7(15)5-12-10-13-6-8-3-2-4-11-9(8)14-10/h4,6-9,15H,2-3,5H2,1H3,(H,12,14)/t7-,8?,9?/m1/s1. The average molecular weight is 208 g/mol. The lowest BCUT2D eigenvalue weighted by molar-refractivity contribution is 0.203. The third-order valence-corrected chi connectivity index (χ3v) is 2.47. The van der Waals surface area contributed by atoms with Crippen molar-refractivity contribution in [2.24, 2.45) is 20.9 Å². The number of hydrogen-bond donors (Lipinski definition) is 2. The maximum absolute atomic E-state index is 9.10. The summed E-state index contributed by atoms with van der Waals surface area (Å²) in [6, 6.07) is 0. The first-order valence-corrected chi connectivity index (χ1v) is 5.30. The fourth-order valence-corrected chi connectivity index (χ4v) is 1.66. The molecule has 0 radical (unpaired) electrons. The number of rotatable bonds is 2. The van der Waals surface area contributed by atoms with Gasteiger partial charge in [-0.25, -0.2) is 9.98 Å². The van der Waals surface area contributed by atoms with E-state index >= 15 is 0 Å². The first-order chi connectivity index (χ1) is 7.25. The van der Waals surface area contributed by atoms with Crippen molar-refractivity contribution < 1.29 is 5.11 Å². The van der Waals surface area contributed by atoms with E-state index in [2.05, 4.69) is 20.3 Å². The molecule has 0 fully saturated rings. The Morgan fingerprint density at radius 3 is 3.40 bits per heavy atom. The molecule has 2 unspecified atom stereocenters. The fraction of sp³-hybridized carbons (Fsp3) is 0.700. The predicted octanol–water partition coefficient (Wildman–Crippen LogP) is 0.204. The van der Waals surface area contributed by atoms with Crippen LogP contribution in [0.3, 0.4) is 0 Å².